The van der Waals surface area contributed by atoms with Crippen LogP contribution in [0.25, 0.3) is 5.57 Å². The van der Waals surface area contributed by atoms with Crippen molar-refractivity contribution in [2.75, 3.05) is 7.11 Å². The molecule has 3 rings (SSSR count). The first-order valence-corrected chi connectivity index (χ1v) is 9.87. The molecule has 5 heteroatoms. The Kier molecular flexibility index (Phi) is 5.05. The van der Waals surface area contributed by atoms with Crippen molar-refractivity contribution in [3.8, 4) is 11.5 Å². The van der Waals surface area contributed by atoms with Gasteiger partial charge >= 0.3 is 0 Å². The SMILES string of the molecule is COC1=C(c2cc(C(C)(C)C)c(O)c(C(C)(C)C)c2)C(=O)c2cccc(O)c2C1=O. The predicted molar refractivity (Wildman–Crippen MR) is 116 cm³/mol. The van der Waals surface area contributed by atoms with Crippen molar-refractivity contribution in [1.29, 1.82) is 0 Å². The number of ether oxygens (including phenoxy) is 1. The molecule has 0 heterocycles. The highest BCUT2D eigenvalue weighted by molar-refractivity contribution is 6.40. The summed E-state index contributed by atoms with van der Waals surface area (Å²) in [6, 6.07) is 7.93. The Morgan fingerprint density at radius 1 is 0.833 bits per heavy atom. The fourth-order valence-electron chi connectivity index (χ4n) is 3.81. The zero-order valence-electron chi connectivity index (χ0n) is 18.5. The van der Waals surface area contributed by atoms with E-state index in [0.717, 1.165) is 0 Å². The second-order valence-electron chi connectivity index (χ2n) is 9.69. The Morgan fingerprint density at radius 3 is 1.83 bits per heavy atom. The minimum atomic E-state index is -0.539. The minimum absolute atomic E-state index is 0.0473. The van der Waals surface area contributed by atoms with Gasteiger partial charge in [-0.1, -0.05) is 53.7 Å². The number of carbonyl (C=O) groups is 2. The number of rotatable bonds is 2. The lowest BCUT2D eigenvalue weighted by Gasteiger charge is -2.29. The number of allylic oxidation sites excluding steroid dienone is 2. The van der Waals surface area contributed by atoms with E-state index in [-0.39, 0.29) is 34.0 Å². The maximum atomic E-state index is 13.4. The number of fused-ring (bicyclic) bond motifs is 1. The second-order valence-corrected chi connectivity index (χ2v) is 9.69. The quantitative estimate of drug-likeness (QED) is 0.720. The van der Waals surface area contributed by atoms with E-state index in [2.05, 4.69) is 0 Å². The summed E-state index contributed by atoms with van der Waals surface area (Å²) in [4.78, 5) is 26.5. The zero-order chi connectivity index (χ0) is 22.6. The van der Waals surface area contributed by atoms with E-state index in [0.29, 0.717) is 16.7 Å². The molecular formula is C25H28O5. The van der Waals surface area contributed by atoms with Gasteiger partial charge in [-0.15, -0.1) is 0 Å². The Balaban J connectivity index is 2.39. The number of methoxy groups -OCH3 is 1. The van der Waals surface area contributed by atoms with Gasteiger partial charge < -0.3 is 14.9 Å². The summed E-state index contributed by atoms with van der Waals surface area (Å²) in [7, 11) is 1.33. The van der Waals surface area contributed by atoms with Crippen LogP contribution in [0.3, 0.4) is 0 Å². The maximum absolute atomic E-state index is 13.4. The Bertz CT molecular complexity index is 1060. The van der Waals surface area contributed by atoms with Crippen LogP contribution in [0, 0.1) is 0 Å². The van der Waals surface area contributed by atoms with E-state index in [1.54, 1.807) is 12.1 Å². The number of hydrogen-bond acceptors (Lipinski definition) is 5. The molecule has 0 amide bonds. The third-order valence-electron chi connectivity index (χ3n) is 5.39. The van der Waals surface area contributed by atoms with Crippen LogP contribution in [0.1, 0.15) is 78.9 Å². The summed E-state index contributed by atoms with van der Waals surface area (Å²) in [5.41, 5.74) is 1.29. The summed E-state index contributed by atoms with van der Waals surface area (Å²) < 4.78 is 5.37. The van der Waals surface area contributed by atoms with Gasteiger partial charge in [0.05, 0.1) is 18.2 Å². The van der Waals surface area contributed by atoms with Gasteiger partial charge in [0.15, 0.2) is 11.5 Å². The topological polar surface area (TPSA) is 83.8 Å². The molecule has 0 aliphatic heterocycles. The Labute approximate surface area is 177 Å². The fourth-order valence-corrected chi connectivity index (χ4v) is 3.81. The third kappa shape index (κ3) is 3.38. The number of phenolic OH excluding ortho intramolecular Hbond substituents is 2. The lowest BCUT2D eigenvalue weighted by atomic mass is 9.76. The summed E-state index contributed by atoms with van der Waals surface area (Å²) in [6.45, 7) is 11.9. The molecule has 1 aliphatic rings. The highest BCUT2D eigenvalue weighted by Gasteiger charge is 2.37. The first kappa shape index (κ1) is 21.6. The van der Waals surface area contributed by atoms with E-state index in [4.69, 9.17) is 4.74 Å². The molecular weight excluding hydrogens is 380 g/mol. The van der Waals surface area contributed by atoms with Crippen molar-refractivity contribution >= 4 is 17.1 Å². The normalized spacial score (nSPS) is 14.8. The molecule has 2 aromatic rings. The molecule has 0 bridgehead atoms. The van der Waals surface area contributed by atoms with E-state index >= 15 is 0 Å². The van der Waals surface area contributed by atoms with Gasteiger partial charge in [0.25, 0.3) is 0 Å². The van der Waals surface area contributed by atoms with Crippen molar-refractivity contribution in [1.82, 2.24) is 0 Å². The number of hydrogen-bond donors (Lipinski definition) is 2. The third-order valence-corrected chi connectivity index (χ3v) is 5.39. The molecule has 158 valence electrons. The second kappa shape index (κ2) is 7.01. The van der Waals surface area contributed by atoms with Crippen molar-refractivity contribution in [2.45, 2.75) is 52.4 Å². The van der Waals surface area contributed by atoms with E-state index in [1.807, 2.05) is 41.5 Å². The average Bonchev–Trinajstić information content (AvgIpc) is 2.62. The van der Waals surface area contributed by atoms with Crippen LogP contribution in [-0.4, -0.2) is 28.9 Å². The van der Waals surface area contributed by atoms with Crippen LogP contribution >= 0.6 is 0 Å². The van der Waals surface area contributed by atoms with E-state index in [1.165, 1.54) is 25.3 Å². The van der Waals surface area contributed by atoms with E-state index in [9.17, 15) is 19.8 Å². The smallest absolute Gasteiger partial charge is 0.232 e. The fraction of sp³-hybridized carbons (Fsp3) is 0.360. The highest BCUT2D eigenvalue weighted by atomic mass is 16.5. The first-order valence-electron chi connectivity index (χ1n) is 9.87. The average molecular weight is 408 g/mol. The molecule has 0 unspecified atom stereocenters. The van der Waals surface area contributed by atoms with Gasteiger partial charge in [-0.25, -0.2) is 0 Å². The number of phenols is 2. The Hall–Kier alpha value is -3.08. The van der Waals surface area contributed by atoms with Gasteiger partial charge in [0.2, 0.25) is 5.78 Å². The molecule has 5 nitrogen and oxygen atoms in total. The predicted octanol–water partition coefficient (Wildman–Crippen LogP) is 5.13. The van der Waals surface area contributed by atoms with Gasteiger partial charge in [-0.05, 0) is 34.6 Å². The minimum Gasteiger partial charge on any atom is -0.507 e. The van der Waals surface area contributed by atoms with Gasteiger partial charge in [-0.2, -0.15) is 0 Å². The molecule has 0 aromatic heterocycles. The number of benzene rings is 2. The van der Waals surface area contributed by atoms with Crippen LogP contribution in [0.15, 0.2) is 36.1 Å². The van der Waals surface area contributed by atoms with Crippen molar-refractivity contribution in [2.24, 2.45) is 0 Å². The summed E-state index contributed by atoms with van der Waals surface area (Å²) in [5.74, 6) is -1.12. The zero-order valence-corrected chi connectivity index (χ0v) is 18.5. The van der Waals surface area contributed by atoms with Gasteiger partial charge in [-0.3, -0.25) is 9.59 Å². The molecule has 0 spiro atoms. The molecule has 0 saturated heterocycles. The van der Waals surface area contributed by atoms with Gasteiger partial charge in [0, 0.05) is 16.7 Å². The molecule has 0 saturated carbocycles. The monoisotopic (exact) mass is 408 g/mol. The van der Waals surface area contributed by atoms with Crippen molar-refractivity contribution < 1.29 is 24.5 Å². The Morgan fingerprint density at radius 2 is 1.37 bits per heavy atom. The number of ketones is 2. The summed E-state index contributed by atoms with van der Waals surface area (Å²) in [6.07, 6.45) is 0. The number of Topliss-reactive ketones (excluding diaryl/α,β-unsaturated/α-hetero) is 2. The molecule has 0 fully saturated rings. The standard InChI is InChI=1S/C25H28O5/c1-24(2,3)15-11-13(12-16(21(15)28)25(4,5)6)18-20(27)14-9-8-10-17(26)19(14)22(29)23(18)30-7/h8-12,26,28H,1-7H3. The van der Waals surface area contributed by atoms with Crippen LogP contribution in [0.4, 0.5) is 0 Å². The van der Waals surface area contributed by atoms with Crippen LogP contribution in [0.5, 0.6) is 11.5 Å². The number of aromatic hydroxyl groups is 2. The van der Waals surface area contributed by atoms with E-state index < -0.39 is 22.4 Å². The van der Waals surface area contributed by atoms with Gasteiger partial charge in [0.1, 0.15) is 11.5 Å². The molecule has 1 aliphatic carbocycles. The van der Waals surface area contributed by atoms with Crippen LogP contribution in [0.2, 0.25) is 0 Å². The van der Waals surface area contributed by atoms with Crippen LogP contribution in [-0.2, 0) is 15.6 Å². The van der Waals surface area contributed by atoms with Crippen LogP contribution < -0.4 is 0 Å². The summed E-state index contributed by atoms with van der Waals surface area (Å²) in [5, 5.41) is 21.2. The molecule has 30 heavy (non-hydrogen) atoms. The molecule has 0 radical (unpaired) electrons. The van der Waals surface area contributed by atoms with Crippen molar-refractivity contribution in [3.63, 3.8) is 0 Å². The molecule has 2 N–H and O–H groups in total. The number of carbonyl (C=O) groups excluding carboxylic acids is 2. The maximum Gasteiger partial charge on any atom is 0.232 e. The highest BCUT2D eigenvalue weighted by Crippen LogP contribution is 2.43. The lowest BCUT2D eigenvalue weighted by molar-refractivity contribution is 0.0922. The largest absolute Gasteiger partial charge is 0.507 e. The molecule has 0 atom stereocenters. The van der Waals surface area contributed by atoms with Crippen molar-refractivity contribution in [3.05, 3.63) is 63.9 Å². The lowest BCUT2D eigenvalue weighted by Crippen LogP contribution is -2.24. The first-order chi connectivity index (χ1) is 13.8. The molecule has 2 aromatic carbocycles. The summed E-state index contributed by atoms with van der Waals surface area (Å²) >= 11 is 0.